The lowest BCUT2D eigenvalue weighted by Gasteiger charge is -2.35. The molecular formula is C29H44N2O7S. The van der Waals surface area contributed by atoms with Crippen LogP contribution in [-0.4, -0.2) is 63.3 Å². The quantitative estimate of drug-likeness (QED) is 0.430. The fourth-order valence-electron chi connectivity index (χ4n) is 5.68. The van der Waals surface area contributed by atoms with Gasteiger partial charge in [0.25, 0.3) is 0 Å². The maximum atomic E-state index is 14.0. The van der Waals surface area contributed by atoms with Crippen molar-refractivity contribution in [2.24, 2.45) is 17.8 Å². The van der Waals surface area contributed by atoms with Crippen molar-refractivity contribution < 1.29 is 33.3 Å². The van der Waals surface area contributed by atoms with Crippen molar-refractivity contribution in [2.45, 2.75) is 97.0 Å². The second-order valence-electron chi connectivity index (χ2n) is 12.3. The maximum Gasteiger partial charge on any atom is 0.407 e. The lowest BCUT2D eigenvalue weighted by Crippen LogP contribution is -2.45. The normalized spacial score (nSPS) is 27.5. The number of methoxy groups -OCH3 is 1. The number of amides is 2. The molecule has 1 N–H and O–H groups in total. The topological polar surface area (TPSA) is 103 Å². The van der Waals surface area contributed by atoms with Gasteiger partial charge in [0.05, 0.1) is 31.9 Å². The van der Waals surface area contributed by atoms with E-state index in [4.69, 9.17) is 18.9 Å². The van der Waals surface area contributed by atoms with Crippen molar-refractivity contribution >= 4 is 35.0 Å². The number of ether oxygens (including phenoxy) is 4. The summed E-state index contributed by atoms with van der Waals surface area (Å²) in [6.45, 7) is 11.8. The molecule has 0 unspecified atom stereocenters. The Labute approximate surface area is 235 Å². The zero-order valence-corrected chi connectivity index (χ0v) is 24.9. The number of thiophene rings is 1. The summed E-state index contributed by atoms with van der Waals surface area (Å²) in [6.07, 6.45) is 3.94. The number of rotatable bonds is 8. The molecule has 3 fully saturated rings. The van der Waals surface area contributed by atoms with Gasteiger partial charge in [0.1, 0.15) is 11.0 Å². The van der Waals surface area contributed by atoms with E-state index in [-0.39, 0.29) is 41.6 Å². The van der Waals surface area contributed by atoms with Crippen molar-refractivity contribution in [3.63, 3.8) is 0 Å². The van der Waals surface area contributed by atoms with Gasteiger partial charge in [-0.05, 0) is 62.8 Å². The van der Waals surface area contributed by atoms with Gasteiger partial charge in [-0.15, -0.1) is 11.3 Å². The van der Waals surface area contributed by atoms with Crippen molar-refractivity contribution in [1.29, 1.82) is 0 Å². The molecule has 4 atom stereocenters. The van der Waals surface area contributed by atoms with E-state index in [0.717, 1.165) is 37.0 Å². The minimum atomic E-state index is -0.497. The predicted molar refractivity (Wildman–Crippen MR) is 149 cm³/mol. The van der Waals surface area contributed by atoms with Gasteiger partial charge < -0.3 is 29.2 Å². The molecule has 1 aromatic heterocycles. The first-order valence-corrected chi connectivity index (χ1v) is 15.0. The third-order valence-corrected chi connectivity index (χ3v) is 9.73. The number of hydrogen-bond acceptors (Lipinski definition) is 8. The van der Waals surface area contributed by atoms with Gasteiger partial charge in [0, 0.05) is 23.4 Å². The SMILES string of the molecule is COC(=O)c1sc(C(C)(C)C)cc1N(C(=O)[C@H]1CC[C@H](C)CC1)[C@@H](C)CCNC(=O)O[C@H]1CO[C@H]2OCC[C@H]21. The van der Waals surface area contributed by atoms with Gasteiger partial charge >= 0.3 is 12.1 Å². The summed E-state index contributed by atoms with van der Waals surface area (Å²) in [5.41, 5.74) is 0.411. The summed E-state index contributed by atoms with van der Waals surface area (Å²) < 4.78 is 21.8. The second-order valence-corrected chi connectivity index (χ2v) is 13.3. The molecule has 39 heavy (non-hydrogen) atoms. The molecule has 3 heterocycles. The summed E-state index contributed by atoms with van der Waals surface area (Å²) in [5, 5.41) is 2.84. The molecule has 9 nitrogen and oxygen atoms in total. The van der Waals surface area contributed by atoms with Crippen molar-refractivity contribution in [1.82, 2.24) is 5.32 Å². The van der Waals surface area contributed by atoms with E-state index < -0.39 is 12.1 Å². The fourth-order valence-corrected chi connectivity index (χ4v) is 6.81. The highest BCUT2D eigenvalue weighted by Crippen LogP contribution is 2.40. The van der Waals surface area contributed by atoms with Gasteiger partial charge in [0.15, 0.2) is 6.29 Å². The summed E-state index contributed by atoms with van der Waals surface area (Å²) in [7, 11) is 1.37. The van der Waals surface area contributed by atoms with Crippen molar-refractivity contribution in [2.75, 3.05) is 31.8 Å². The van der Waals surface area contributed by atoms with Crippen molar-refractivity contribution in [3.05, 3.63) is 15.8 Å². The molecule has 1 aromatic rings. The molecule has 0 radical (unpaired) electrons. The van der Waals surface area contributed by atoms with Gasteiger partial charge in [-0.3, -0.25) is 4.79 Å². The zero-order chi connectivity index (χ0) is 28.3. The number of alkyl carbamates (subject to hydrolysis) is 1. The summed E-state index contributed by atoms with van der Waals surface area (Å²) in [5.74, 6) is 0.200. The number of nitrogens with zero attached hydrogens (tertiary/aromatic N) is 1. The van der Waals surface area contributed by atoms with E-state index in [9.17, 15) is 14.4 Å². The van der Waals surface area contributed by atoms with Crippen LogP contribution in [0.5, 0.6) is 0 Å². The van der Waals surface area contributed by atoms with Crippen LogP contribution in [0.15, 0.2) is 6.07 Å². The van der Waals surface area contributed by atoms with Gasteiger partial charge in [0.2, 0.25) is 5.91 Å². The number of carbonyl (C=O) groups excluding carboxylic acids is 3. The van der Waals surface area contributed by atoms with Gasteiger partial charge in [-0.1, -0.05) is 27.7 Å². The maximum absolute atomic E-state index is 14.0. The molecule has 2 saturated heterocycles. The molecule has 3 aliphatic rings. The number of esters is 1. The first kappa shape index (κ1) is 29.8. The Hall–Kier alpha value is -2.17. The minimum Gasteiger partial charge on any atom is -0.465 e. The lowest BCUT2D eigenvalue weighted by atomic mass is 9.82. The Morgan fingerprint density at radius 2 is 1.87 bits per heavy atom. The minimum absolute atomic E-state index is 0.0377. The van der Waals surface area contributed by atoms with Crippen LogP contribution >= 0.6 is 11.3 Å². The Morgan fingerprint density at radius 1 is 1.15 bits per heavy atom. The number of fused-ring (bicyclic) bond motifs is 1. The third kappa shape index (κ3) is 6.95. The summed E-state index contributed by atoms with van der Waals surface area (Å²) >= 11 is 1.38. The van der Waals surface area contributed by atoms with E-state index in [2.05, 4.69) is 33.0 Å². The average molecular weight is 565 g/mol. The molecule has 0 bridgehead atoms. The molecule has 10 heteroatoms. The number of carbonyl (C=O) groups is 3. The van der Waals surface area contributed by atoms with E-state index in [1.807, 2.05) is 13.0 Å². The Balaban J connectivity index is 1.48. The molecule has 2 amide bonds. The van der Waals surface area contributed by atoms with E-state index >= 15 is 0 Å². The molecular weight excluding hydrogens is 520 g/mol. The number of nitrogens with one attached hydrogen (secondary N) is 1. The summed E-state index contributed by atoms with van der Waals surface area (Å²) in [6, 6.07) is 1.71. The molecule has 0 aromatic carbocycles. The van der Waals surface area contributed by atoms with Crippen LogP contribution in [0.1, 0.15) is 87.7 Å². The highest BCUT2D eigenvalue weighted by atomic mass is 32.1. The Kier molecular flexibility index (Phi) is 9.60. The highest BCUT2D eigenvalue weighted by molar-refractivity contribution is 7.14. The molecule has 0 spiro atoms. The van der Waals surface area contributed by atoms with Crippen LogP contribution in [0.25, 0.3) is 0 Å². The monoisotopic (exact) mass is 564 g/mol. The Morgan fingerprint density at radius 3 is 2.54 bits per heavy atom. The van der Waals surface area contributed by atoms with Crippen LogP contribution < -0.4 is 10.2 Å². The molecule has 218 valence electrons. The molecule has 1 aliphatic carbocycles. The Bertz CT molecular complexity index is 1030. The van der Waals surface area contributed by atoms with Gasteiger partial charge in [-0.25, -0.2) is 9.59 Å². The molecule has 4 rings (SSSR count). The largest absolute Gasteiger partial charge is 0.465 e. The third-order valence-electron chi connectivity index (χ3n) is 8.20. The number of hydrogen-bond donors (Lipinski definition) is 1. The zero-order valence-electron chi connectivity index (χ0n) is 24.1. The average Bonchev–Trinajstić information content (AvgIpc) is 3.61. The van der Waals surface area contributed by atoms with E-state index in [0.29, 0.717) is 42.7 Å². The van der Waals surface area contributed by atoms with Crippen LogP contribution in [0.4, 0.5) is 10.5 Å². The van der Waals surface area contributed by atoms with Gasteiger partial charge in [-0.2, -0.15) is 0 Å². The second kappa shape index (κ2) is 12.6. The molecule has 2 aliphatic heterocycles. The predicted octanol–water partition coefficient (Wildman–Crippen LogP) is 5.26. The van der Waals surface area contributed by atoms with Crippen LogP contribution in [-0.2, 0) is 29.2 Å². The van der Waals surface area contributed by atoms with E-state index in [1.54, 1.807) is 4.90 Å². The van der Waals surface area contributed by atoms with Crippen LogP contribution in [0.3, 0.4) is 0 Å². The van der Waals surface area contributed by atoms with Crippen LogP contribution in [0, 0.1) is 17.8 Å². The fraction of sp³-hybridized carbons (Fsp3) is 0.759. The first-order valence-electron chi connectivity index (χ1n) is 14.2. The standard InChI is InChI=1S/C29H44N2O7S/c1-17-7-9-19(10-8-17)25(32)31(21-15-23(29(3,4)5)39-24(21)26(33)35-6)18(2)11-13-30-28(34)38-22-16-37-27-20(22)12-14-36-27/h15,17-20,22,27H,7-14,16H2,1-6H3,(H,30,34)/t17-,18-,19-,20-,22-,27+/m0/s1. The number of anilines is 1. The highest BCUT2D eigenvalue weighted by Gasteiger charge is 2.44. The first-order chi connectivity index (χ1) is 18.5. The lowest BCUT2D eigenvalue weighted by molar-refractivity contribution is -0.124. The van der Waals surface area contributed by atoms with E-state index in [1.165, 1.54) is 18.4 Å². The van der Waals surface area contributed by atoms with Crippen molar-refractivity contribution in [3.8, 4) is 0 Å². The molecule has 1 saturated carbocycles. The summed E-state index contributed by atoms with van der Waals surface area (Å²) in [4.78, 5) is 42.7. The smallest absolute Gasteiger partial charge is 0.407 e. The van der Waals surface area contributed by atoms with Crippen LogP contribution in [0.2, 0.25) is 0 Å².